The van der Waals surface area contributed by atoms with Gasteiger partial charge in [0.1, 0.15) is 17.9 Å². The predicted octanol–water partition coefficient (Wildman–Crippen LogP) is 2.14. The van der Waals surface area contributed by atoms with Gasteiger partial charge in [0.2, 0.25) is 11.8 Å². The van der Waals surface area contributed by atoms with Gasteiger partial charge >= 0.3 is 0 Å². The van der Waals surface area contributed by atoms with Crippen molar-refractivity contribution in [2.24, 2.45) is 0 Å². The zero-order chi connectivity index (χ0) is 23.7. The molecule has 1 aromatic carbocycles. The van der Waals surface area contributed by atoms with Gasteiger partial charge in [0.25, 0.3) is 5.91 Å². The van der Waals surface area contributed by atoms with Gasteiger partial charge in [0.05, 0.1) is 6.20 Å². The Bertz CT molecular complexity index is 1100. The smallest absolute Gasteiger partial charge is 0.255 e. The normalized spacial score (nSPS) is 24.8. The summed E-state index contributed by atoms with van der Waals surface area (Å²) in [6.45, 7) is 4.04. The summed E-state index contributed by atoms with van der Waals surface area (Å²) < 4.78 is 8.35. The van der Waals surface area contributed by atoms with Crippen molar-refractivity contribution >= 4 is 17.7 Å². The number of nitrogens with zero attached hydrogens (tertiary/aromatic N) is 3. The van der Waals surface area contributed by atoms with E-state index in [9.17, 15) is 14.4 Å². The van der Waals surface area contributed by atoms with Gasteiger partial charge < -0.3 is 15.0 Å². The van der Waals surface area contributed by atoms with Gasteiger partial charge in [0, 0.05) is 49.4 Å². The topological polar surface area (TPSA) is 106 Å². The van der Waals surface area contributed by atoms with Crippen molar-refractivity contribution in [1.29, 1.82) is 0 Å². The van der Waals surface area contributed by atoms with Crippen LogP contribution in [0.25, 0.3) is 0 Å². The Morgan fingerprint density at radius 2 is 2.03 bits per heavy atom. The molecule has 2 fully saturated rings. The third-order valence-electron chi connectivity index (χ3n) is 7.06. The van der Waals surface area contributed by atoms with E-state index < -0.39 is 11.9 Å². The lowest BCUT2D eigenvalue weighted by Gasteiger charge is -2.32. The van der Waals surface area contributed by atoms with Crippen molar-refractivity contribution in [3.05, 3.63) is 47.3 Å². The molecule has 1 aromatic heterocycles. The number of hydrogen-bond donors (Lipinski definition) is 2. The summed E-state index contributed by atoms with van der Waals surface area (Å²) in [6, 6.07) is 5.21. The molecule has 0 spiro atoms. The highest BCUT2D eigenvalue weighted by Crippen LogP contribution is 2.32. The Kier molecular flexibility index (Phi) is 6.36. The van der Waals surface area contributed by atoms with Crippen molar-refractivity contribution in [2.45, 2.75) is 83.3 Å². The number of piperidine rings is 1. The van der Waals surface area contributed by atoms with Crippen molar-refractivity contribution in [3.63, 3.8) is 0 Å². The van der Waals surface area contributed by atoms with E-state index in [1.54, 1.807) is 11.0 Å². The zero-order valence-electron chi connectivity index (χ0n) is 19.5. The van der Waals surface area contributed by atoms with Crippen molar-refractivity contribution in [1.82, 2.24) is 25.3 Å². The second-order valence-electron chi connectivity index (χ2n) is 9.35. The second kappa shape index (κ2) is 9.58. The Morgan fingerprint density at radius 1 is 1.18 bits per heavy atom. The fraction of sp³-hybridized carbons (Fsp3) is 0.520. The molecule has 3 atom stereocenters. The molecule has 1 saturated carbocycles. The molecule has 3 aliphatic rings. The molecule has 34 heavy (non-hydrogen) atoms. The molecule has 180 valence electrons. The lowest BCUT2D eigenvalue weighted by molar-refractivity contribution is -0.136. The van der Waals surface area contributed by atoms with Gasteiger partial charge in [-0.05, 0) is 56.4 Å². The standard InChI is InChI=1S/C25H31N5O4/c1-2-29-14-16(13-27-29)12-26-20-5-3-4-6-22(20)34-18-7-8-19-17(11-18)15-30(25(19)33)21-9-10-23(31)28-24(21)32/h7-8,11,13-14,20-22,26H,2-6,9-10,12,15H2,1H3,(H,28,31,32)/t20-,21?,22-/m0/s1. The van der Waals surface area contributed by atoms with Gasteiger partial charge in [-0.3, -0.25) is 24.4 Å². The summed E-state index contributed by atoms with van der Waals surface area (Å²) in [5.74, 6) is -0.0968. The number of imide groups is 1. The van der Waals surface area contributed by atoms with Crippen LogP contribution in [0.15, 0.2) is 30.6 Å². The summed E-state index contributed by atoms with van der Waals surface area (Å²) in [5.41, 5.74) is 2.62. The van der Waals surface area contributed by atoms with Crippen LogP contribution in [-0.2, 0) is 29.2 Å². The van der Waals surface area contributed by atoms with E-state index >= 15 is 0 Å². The number of amides is 3. The van der Waals surface area contributed by atoms with E-state index in [-0.39, 0.29) is 30.4 Å². The van der Waals surface area contributed by atoms with Crippen LogP contribution in [0.3, 0.4) is 0 Å². The Balaban J connectivity index is 1.24. The number of carbonyl (C=O) groups excluding carboxylic acids is 3. The third kappa shape index (κ3) is 4.57. The maximum Gasteiger partial charge on any atom is 0.255 e. The number of aromatic nitrogens is 2. The average molecular weight is 466 g/mol. The summed E-state index contributed by atoms with van der Waals surface area (Å²) in [7, 11) is 0. The Labute approximate surface area is 198 Å². The number of benzene rings is 1. The number of hydrogen-bond acceptors (Lipinski definition) is 6. The van der Waals surface area contributed by atoms with Crippen LogP contribution in [0.4, 0.5) is 0 Å². The van der Waals surface area contributed by atoms with Gasteiger partial charge in [-0.1, -0.05) is 6.42 Å². The highest BCUT2D eigenvalue weighted by Gasteiger charge is 2.39. The molecule has 9 heteroatoms. The van der Waals surface area contributed by atoms with Crippen LogP contribution in [0.2, 0.25) is 0 Å². The molecule has 2 aliphatic heterocycles. The minimum absolute atomic E-state index is 0.0522. The number of fused-ring (bicyclic) bond motifs is 1. The third-order valence-corrected chi connectivity index (χ3v) is 7.06. The van der Waals surface area contributed by atoms with Gasteiger partial charge in [-0.25, -0.2) is 0 Å². The van der Waals surface area contributed by atoms with Crippen molar-refractivity contribution in [3.8, 4) is 5.75 Å². The van der Waals surface area contributed by atoms with Crippen LogP contribution < -0.4 is 15.4 Å². The maximum absolute atomic E-state index is 12.9. The lowest BCUT2D eigenvalue weighted by Crippen LogP contribution is -2.52. The predicted molar refractivity (Wildman–Crippen MR) is 124 cm³/mol. The van der Waals surface area contributed by atoms with Crippen LogP contribution >= 0.6 is 0 Å². The fourth-order valence-electron chi connectivity index (χ4n) is 5.19. The second-order valence-corrected chi connectivity index (χ2v) is 9.35. The molecule has 0 bridgehead atoms. The average Bonchev–Trinajstić information content (AvgIpc) is 3.43. The fourth-order valence-corrected chi connectivity index (χ4v) is 5.19. The summed E-state index contributed by atoms with van der Waals surface area (Å²) in [5, 5.41) is 10.3. The number of aryl methyl sites for hydroxylation is 1. The quantitative estimate of drug-likeness (QED) is 0.607. The van der Waals surface area contributed by atoms with E-state index in [2.05, 4.69) is 28.9 Å². The van der Waals surface area contributed by atoms with E-state index in [0.717, 1.165) is 49.2 Å². The van der Waals surface area contributed by atoms with E-state index in [1.807, 2.05) is 23.0 Å². The highest BCUT2D eigenvalue weighted by molar-refractivity contribution is 6.05. The molecule has 3 heterocycles. The molecule has 9 nitrogen and oxygen atoms in total. The molecule has 3 amide bonds. The van der Waals surface area contributed by atoms with E-state index in [4.69, 9.17) is 4.74 Å². The molecular formula is C25H31N5O4. The van der Waals surface area contributed by atoms with Crippen LogP contribution in [0.1, 0.15) is 66.9 Å². The molecule has 5 rings (SSSR count). The molecule has 1 unspecified atom stereocenters. The molecule has 2 N–H and O–H groups in total. The first-order chi connectivity index (χ1) is 16.5. The zero-order valence-corrected chi connectivity index (χ0v) is 19.5. The largest absolute Gasteiger partial charge is 0.489 e. The molecule has 0 radical (unpaired) electrons. The molecule has 1 aliphatic carbocycles. The molecule has 1 saturated heterocycles. The highest BCUT2D eigenvalue weighted by atomic mass is 16.5. The van der Waals surface area contributed by atoms with Gasteiger partial charge in [-0.15, -0.1) is 0 Å². The number of carbonyl (C=O) groups is 3. The van der Waals surface area contributed by atoms with Crippen LogP contribution in [0, 0.1) is 0 Å². The Morgan fingerprint density at radius 3 is 2.82 bits per heavy atom. The van der Waals surface area contributed by atoms with E-state index in [0.29, 0.717) is 18.5 Å². The Hall–Kier alpha value is -3.20. The van der Waals surface area contributed by atoms with Crippen molar-refractivity contribution < 1.29 is 19.1 Å². The number of ether oxygens (including phenoxy) is 1. The minimum atomic E-state index is -0.606. The first-order valence-corrected chi connectivity index (χ1v) is 12.2. The monoisotopic (exact) mass is 465 g/mol. The summed E-state index contributed by atoms with van der Waals surface area (Å²) in [6.07, 6.45) is 8.97. The lowest BCUT2D eigenvalue weighted by atomic mass is 9.92. The number of rotatable bonds is 7. The summed E-state index contributed by atoms with van der Waals surface area (Å²) in [4.78, 5) is 38.2. The molecular weight excluding hydrogens is 434 g/mol. The first kappa shape index (κ1) is 22.6. The minimum Gasteiger partial charge on any atom is -0.489 e. The maximum atomic E-state index is 12.9. The summed E-state index contributed by atoms with van der Waals surface area (Å²) >= 11 is 0. The van der Waals surface area contributed by atoms with Gasteiger partial charge in [0.15, 0.2) is 0 Å². The molecule has 2 aromatic rings. The number of nitrogens with one attached hydrogen (secondary N) is 2. The SMILES string of the molecule is CCn1cc(CN[C@H]2CCCC[C@@H]2Oc2ccc3c(c2)CN(C2CCC(=O)NC2=O)C3=O)cn1. The van der Waals surface area contributed by atoms with Crippen LogP contribution in [-0.4, -0.2) is 50.6 Å². The first-order valence-electron chi connectivity index (χ1n) is 12.2. The van der Waals surface area contributed by atoms with Crippen molar-refractivity contribution in [2.75, 3.05) is 0 Å². The van der Waals surface area contributed by atoms with E-state index in [1.165, 1.54) is 6.42 Å². The van der Waals surface area contributed by atoms with Crippen LogP contribution in [0.5, 0.6) is 5.75 Å². The van der Waals surface area contributed by atoms with Gasteiger partial charge in [-0.2, -0.15) is 5.10 Å².